The van der Waals surface area contributed by atoms with E-state index < -0.39 is 18.0 Å². The van der Waals surface area contributed by atoms with Crippen molar-refractivity contribution < 1.29 is 14.3 Å². The molecule has 4 rings (SSSR count). The van der Waals surface area contributed by atoms with Crippen LogP contribution < -0.4 is 5.32 Å². The standard InChI is InChI=1S/C22H18N4O3S/c1-13-7-9-15(10-8-13)19-12-30-22(25-19)26-20(27)14(2)29-21(28)18-11-23-16-5-3-4-6-17(16)24-18/h3-12,14H,1-2H3,(H,25,26,27). The van der Waals surface area contributed by atoms with Crippen LogP contribution in [0.5, 0.6) is 0 Å². The monoisotopic (exact) mass is 418 g/mol. The first kappa shape index (κ1) is 19.7. The Labute approximate surface area is 176 Å². The van der Waals surface area contributed by atoms with Crippen LogP contribution in [-0.4, -0.2) is 32.9 Å². The lowest BCUT2D eigenvalue weighted by molar-refractivity contribution is -0.123. The van der Waals surface area contributed by atoms with Gasteiger partial charge in [0.05, 0.1) is 22.9 Å². The maximum absolute atomic E-state index is 12.4. The predicted octanol–water partition coefficient (Wildman–Crippen LogP) is 4.25. The van der Waals surface area contributed by atoms with Crippen molar-refractivity contribution in [3.8, 4) is 11.3 Å². The van der Waals surface area contributed by atoms with Crippen LogP contribution in [0.3, 0.4) is 0 Å². The number of carbonyl (C=O) groups excluding carboxylic acids is 2. The molecule has 7 nitrogen and oxygen atoms in total. The van der Waals surface area contributed by atoms with Crippen LogP contribution in [0.2, 0.25) is 0 Å². The SMILES string of the molecule is Cc1ccc(-c2csc(NC(=O)C(C)OC(=O)c3cnc4ccccc4n3)n2)cc1. The molecule has 1 atom stereocenters. The van der Waals surface area contributed by atoms with Gasteiger partial charge in [0.25, 0.3) is 5.91 Å². The molecule has 0 fully saturated rings. The van der Waals surface area contributed by atoms with Crippen molar-refractivity contribution in [1.29, 1.82) is 0 Å². The van der Waals surface area contributed by atoms with Gasteiger partial charge in [-0.25, -0.2) is 14.8 Å². The summed E-state index contributed by atoms with van der Waals surface area (Å²) in [6.07, 6.45) is 0.321. The van der Waals surface area contributed by atoms with Gasteiger partial charge in [-0.15, -0.1) is 11.3 Å². The molecule has 4 aromatic rings. The smallest absolute Gasteiger partial charge is 0.359 e. The fraction of sp³-hybridized carbons (Fsp3) is 0.136. The van der Waals surface area contributed by atoms with E-state index in [9.17, 15) is 9.59 Å². The summed E-state index contributed by atoms with van der Waals surface area (Å²) < 4.78 is 5.25. The van der Waals surface area contributed by atoms with E-state index in [-0.39, 0.29) is 5.69 Å². The van der Waals surface area contributed by atoms with E-state index in [4.69, 9.17) is 4.74 Å². The Balaban J connectivity index is 1.39. The normalized spacial score (nSPS) is 11.8. The number of esters is 1. The number of rotatable bonds is 5. The van der Waals surface area contributed by atoms with Crippen molar-refractivity contribution in [2.24, 2.45) is 0 Å². The molecule has 2 aromatic heterocycles. The zero-order valence-electron chi connectivity index (χ0n) is 16.3. The fourth-order valence-corrected chi connectivity index (χ4v) is 3.45. The maximum Gasteiger partial charge on any atom is 0.359 e. The predicted molar refractivity (Wildman–Crippen MR) is 115 cm³/mol. The Bertz CT molecular complexity index is 1220. The molecule has 0 aliphatic rings. The number of nitrogens with zero attached hydrogens (tertiary/aromatic N) is 3. The summed E-state index contributed by atoms with van der Waals surface area (Å²) in [5.41, 5.74) is 4.19. The van der Waals surface area contributed by atoms with E-state index in [0.29, 0.717) is 16.2 Å². The molecule has 1 amide bonds. The topological polar surface area (TPSA) is 94.1 Å². The summed E-state index contributed by atoms with van der Waals surface area (Å²) in [6.45, 7) is 3.51. The summed E-state index contributed by atoms with van der Waals surface area (Å²) in [6, 6.07) is 15.2. The Morgan fingerprint density at radius 2 is 1.77 bits per heavy atom. The summed E-state index contributed by atoms with van der Waals surface area (Å²) in [7, 11) is 0. The number of aryl methyl sites for hydroxylation is 1. The third kappa shape index (κ3) is 4.33. The molecule has 2 aromatic carbocycles. The molecule has 1 N–H and O–H groups in total. The minimum atomic E-state index is -1.02. The number of benzene rings is 2. The van der Waals surface area contributed by atoms with Gasteiger partial charge in [-0.2, -0.15) is 0 Å². The van der Waals surface area contributed by atoms with Crippen molar-refractivity contribution in [3.05, 3.63) is 71.4 Å². The van der Waals surface area contributed by atoms with Crippen molar-refractivity contribution in [1.82, 2.24) is 15.0 Å². The number of aromatic nitrogens is 3. The Morgan fingerprint density at radius 1 is 1.03 bits per heavy atom. The van der Waals surface area contributed by atoms with Crippen LogP contribution in [-0.2, 0) is 9.53 Å². The number of para-hydroxylation sites is 2. The summed E-state index contributed by atoms with van der Waals surface area (Å²) in [4.78, 5) is 37.6. The number of carbonyl (C=O) groups is 2. The van der Waals surface area contributed by atoms with Crippen molar-refractivity contribution in [2.45, 2.75) is 20.0 Å². The molecule has 2 heterocycles. The lowest BCUT2D eigenvalue weighted by atomic mass is 10.1. The number of fused-ring (bicyclic) bond motifs is 1. The first-order valence-electron chi connectivity index (χ1n) is 9.26. The van der Waals surface area contributed by atoms with E-state index in [2.05, 4.69) is 20.3 Å². The molecule has 30 heavy (non-hydrogen) atoms. The van der Waals surface area contributed by atoms with Crippen LogP contribution in [0.15, 0.2) is 60.1 Å². The molecule has 150 valence electrons. The number of hydrogen-bond acceptors (Lipinski definition) is 7. The highest BCUT2D eigenvalue weighted by Crippen LogP contribution is 2.25. The third-order valence-electron chi connectivity index (χ3n) is 4.39. The van der Waals surface area contributed by atoms with Crippen LogP contribution in [0.1, 0.15) is 23.0 Å². The van der Waals surface area contributed by atoms with Crippen molar-refractivity contribution >= 4 is 39.4 Å². The number of amides is 1. The van der Waals surface area contributed by atoms with E-state index >= 15 is 0 Å². The lowest BCUT2D eigenvalue weighted by Gasteiger charge is -2.12. The largest absolute Gasteiger partial charge is 0.448 e. The molecule has 0 saturated carbocycles. The Hall–Kier alpha value is -3.65. The van der Waals surface area contributed by atoms with E-state index in [0.717, 1.165) is 16.8 Å². The molecular formula is C22H18N4O3S. The zero-order valence-corrected chi connectivity index (χ0v) is 17.1. The average molecular weight is 418 g/mol. The molecule has 0 saturated heterocycles. The minimum absolute atomic E-state index is 0.0456. The van der Waals surface area contributed by atoms with Crippen LogP contribution in [0.4, 0.5) is 5.13 Å². The maximum atomic E-state index is 12.4. The van der Waals surface area contributed by atoms with E-state index in [1.807, 2.05) is 42.6 Å². The highest BCUT2D eigenvalue weighted by atomic mass is 32.1. The zero-order chi connectivity index (χ0) is 21.1. The second-order valence-electron chi connectivity index (χ2n) is 6.68. The number of ether oxygens (including phenoxy) is 1. The van der Waals surface area contributed by atoms with Gasteiger partial charge in [-0.3, -0.25) is 15.1 Å². The molecule has 0 aliphatic heterocycles. The second-order valence-corrected chi connectivity index (χ2v) is 7.54. The highest BCUT2D eigenvalue weighted by molar-refractivity contribution is 7.14. The van der Waals surface area contributed by atoms with Crippen molar-refractivity contribution in [2.75, 3.05) is 5.32 Å². The first-order chi connectivity index (χ1) is 14.5. The highest BCUT2D eigenvalue weighted by Gasteiger charge is 2.21. The third-order valence-corrected chi connectivity index (χ3v) is 5.15. The number of anilines is 1. The van der Waals surface area contributed by atoms with Crippen LogP contribution >= 0.6 is 11.3 Å². The molecule has 0 spiro atoms. The molecule has 0 aliphatic carbocycles. The van der Waals surface area contributed by atoms with Gasteiger partial charge in [0.15, 0.2) is 16.9 Å². The minimum Gasteiger partial charge on any atom is -0.448 e. The van der Waals surface area contributed by atoms with Gasteiger partial charge in [-0.05, 0) is 26.0 Å². The lowest BCUT2D eigenvalue weighted by Crippen LogP contribution is -2.30. The average Bonchev–Trinajstić information content (AvgIpc) is 3.22. The first-order valence-corrected chi connectivity index (χ1v) is 10.1. The molecule has 0 bridgehead atoms. The second kappa shape index (κ2) is 8.38. The Morgan fingerprint density at radius 3 is 2.53 bits per heavy atom. The number of hydrogen-bond donors (Lipinski definition) is 1. The Kier molecular flexibility index (Phi) is 5.49. The van der Waals surface area contributed by atoms with Gasteiger partial charge in [0.2, 0.25) is 0 Å². The molecular weight excluding hydrogens is 400 g/mol. The quantitative estimate of drug-likeness (QED) is 0.487. The van der Waals surface area contributed by atoms with Gasteiger partial charge < -0.3 is 4.74 Å². The van der Waals surface area contributed by atoms with E-state index in [1.54, 1.807) is 18.2 Å². The van der Waals surface area contributed by atoms with Crippen LogP contribution in [0, 0.1) is 6.92 Å². The van der Waals surface area contributed by atoms with Crippen molar-refractivity contribution in [3.63, 3.8) is 0 Å². The van der Waals surface area contributed by atoms with Gasteiger partial charge in [-0.1, -0.05) is 42.0 Å². The molecule has 8 heteroatoms. The summed E-state index contributed by atoms with van der Waals surface area (Å²) in [5, 5.41) is 4.98. The summed E-state index contributed by atoms with van der Waals surface area (Å²) in [5.74, 6) is -1.18. The number of nitrogens with one attached hydrogen (secondary N) is 1. The molecule has 1 unspecified atom stereocenters. The van der Waals surface area contributed by atoms with Gasteiger partial charge in [0.1, 0.15) is 0 Å². The van der Waals surface area contributed by atoms with Gasteiger partial charge in [0, 0.05) is 10.9 Å². The van der Waals surface area contributed by atoms with Crippen LogP contribution in [0.25, 0.3) is 22.3 Å². The number of thiazole rings is 1. The summed E-state index contributed by atoms with van der Waals surface area (Å²) >= 11 is 1.31. The fourth-order valence-electron chi connectivity index (χ4n) is 2.73. The van der Waals surface area contributed by atoms with E-state index in [1.165, 1.54) is 24.5 Å². The van der Waals surface area contributed by atoms with Gasteiger partial charge >= 0.3 is 5.97 Å². The molecule has 0 radical (unpaired) electrons.